The molecule has 142 valence electrons. The van der Waals surface area contributed by atoms with Crippen molar-refractivity contribution < 1.29 is 8.84 Å². The Morgan fingerprint density at radius 3 is 1.85 bits per heavy atom. The third-order valence-electron chi connectivity index (χ3n) is 5.13. The minimum atomic E-state index is -2.44. The molecule has 0 aliphatic rings. The molecule has 1 heterocycles. The normalized spacial score (nSPS) is 13.5. The Labute approximate surface area is 164 Å². The number of rotatable bonds is 7. The Hall–Kier alpha value is -2.10. The quantitative estimate of drug-likeness (QED) is 0.538. The van der Waals surface area contributed by atoms with Crippen LogP contribution in [0.3, 0.4) is 0 Å². The predicted octanol–water partition coefficient (Wildman–Crippen LogP) is 5.03. The SMILES string of the molecule is C[C@H](CO[Si](c1ccccc1)(c1ccccc1)C(C)(C)C)Cc1ccco1. The smallest absolute Gasteiger partial charge is 0.261 e. The first kappa shape index (κ1) is 19.7. The van der Waals surface area contributed by atoms with Crippen LogP contribution in [0.5, 0.6) is 0 Å². The highest BCUT2D eigenvalue weighted by atomic mass is 28.4. The summed E-state index contributed by atoms with van der Waals surface area (Å²) in [7, 11) is -2.44. The lowest BCUT2D eigenvalue weighted by Gasteiger charge is -2.43. The minimum absolute atomic E-state index is 0.0140. The van der Waals surface area contributed by atoms with Crippen LogP contribution in [-0.2, 0) is 10.8 Å². The highest BCUT2D eigenvalue weighted by molar-refractivity contribution is 6.99. The molecule has 0 radical (unpaired) electrons. The van der Waals surface area contributed by atoms with E-state index in [4.69, 9.17) is 8.84 Å². The Morgan fingerprint density at radius 1 is 0.852 bits per heavy atom. The summed E-state index contributed by atoms with van der Waals surface area (Å²) >= 11 is 0. The van der Waals surface area contributed by atoms with Crippen molar-refractivity contribution in [1.29, 1.82) is 0 Å². The molecule has 0 saturated carbocycles. The van der Waals surface area contributed by atoms with E-state index in [1.807, 2.05) is 12.1 Å². The molecule has 0 fully saturated rings. The van der Waals surface area contributed by atoms with Crippen LogP contribution in [0.25, 0.3) is 0 Å². The summed E-state index contributed by atoms with van der Waals surface area (Å²) in [6, 6.07) is 25.6. The van der Waals surface area contributed by atoms with Gasteiger partial charge < -0.3 is 8.84 Å². The van der Waals surface area contributed by atoms with Crippen molar-refractivity contribution in [3.8, 4) is 0 Å². The van der Waals surface area contributed by atoms with Crippen LogP contribution >= 0.6 is 0 Å². The van der Waals surface area contributed by atoms with Crippen LogP contribution in [-0.4, -0.2) is 14.9 Å². The summed E-state index contributed by atoms with van der Waals surface area (Å²) in [5.41, 5.74) is 0. The van der Waals surface area contributed by atoms with Gasteiger partial charge in [0.1, 0.15) is 5.76 Å². The van der Waals surface area contributed by atoms with Crippen LogP contribution in [0.15, 0.2) is 83.5 Å². The summed E-state index contributed by atoms with van der Waals surface area (Å²) in [5, 5.41) is 2.67. The molecule has 0 saturated heterocycles. The van der Waals surface area contributed by atoms with E-state index < -0.39 is 8.32 Å². The molecular formula is C24H30O2Si. The van der Waals surface area contributed by atoms with E-state index in [-0.39, 0.29) is 5.04 Å². The van der Waals surface area contributed by atoms with Crippen LogP contribution in [0, 0.1) is 5.92 Å². The average Bonchev–Trinajstić information content (AvgIpc) is 3.16. The van der Waals surface area contributed by atoms with Gasteiger partial charge in [-0.15, -0.1) is 0 Å². The molecule has 27 heavy (non-hydrogen) atoms. The first-order chi connectivity index (χ1) is 12.9. The van der Waals surface area contributed by atoms with Crippen molar-refractivity contribution in [2.45, 2.75) is 39.2 Å². The zero-order chi connectivity index (χ0) is 19.3. The van der Waals surface area contributed by atoms with Crippen LogP contribution in [0.1, 0.15) is 33.5 Å². The zero-order valence-electron chi connectivity index (χ0n) is 16.8. The predicted molar refractivity (Wildman–Crippen MR) is 115 cm³/mol. The van der Waals surface area contributed by atoms with Crippen molar-refractivity contribution in [2.24, 2.45) is 5.92 Å². The van der Waals surface area contributed by atoms with Gasteiger partial charge in [0.15, 0.2) is 0 Å². The van der Waals surface area contributed by atoms with E-state index in [0.717, 1.165) is 12.2 Å². The topological polar surface area (TPSA) is 22.4 Å². The van der Waals surface area contributed by atoms with Crippen LogP contribution < -0.4 is 10.4 Å². The Morgan fingerprint density at radius 2 is 1.41 bits per heavy atom. The van der Waals surface area contributed by atoms with Crippen molar-refractivity contribution in [3.05, 3.63) is 84.8 Å². The fraction of sp³-hybridized carbons (Fsp3) is 0.333. The molecule has 0 aliphatic heterocycles. The lowest BCUT2D eigenvalue weighted by Crippen LogP contribution is -2.66. The Bertz CT molecular complexity index is 765. The van der Waals surface area contributed by atoms with Gasteiger partial charge in [0, 0.05) is 13.0 Å². The highest BCUT2D eigenvalue weighted by Gasteiger charge is 2.50. The van der Waals surface area contributed by atoms with Gasteiger partial charge in [-0.2, -0.15) is 0 Å². The van der Waals surface area contributed by atoms with E-state index >= 15 is 0 Å². The minimum Gasteiger partial charge on any atom is -0.469 e. The molecule has 0 spiro atoms. The lowest BCUT2D eigenvalue weighted by molar-refractivity contribution is 0.239. The standard InChI is InChI=1S/C24H30O2Si/c1-20(18-21-12-11-17-25-21)19-26-27(24(2,3)4,22-13-7-5-8-14-22)23-15-9-6-10-16-23/h5-17,20H,18-19H2,1-4H3/t20-/m0/s1. The maximum absolute atomic E-state index is 6.97. The molecule has 0 N–H and O–H groups in total. The van der Waals surface area contributed by atoms with Gasteiger partial charge in [0.2, 0.25) is 0 Å². The zero-order valence-corrected chi connectivity index (χ0v) is 17.8. The van der Waals surface area contributed by atoms with Gasteiger partial charge in [0.05, 0.1) is 6.26 Å². The number of benzene rings is 2. The lowest BCUT2D eigenvalue weighted by atomic mass is 10.1. The van der Waals surface area contributed by atoms with Gasteiger partial charge >= 0.3 is 0 Å². The summed E-state index contributed by atoms with van der Waals surface area (Å²) in [6.45, 7) is 9.90. The Kier molecular flexibility index (Phi) is 6.03. The molecule has 2 nitrogen and oxygen atoms in total. The molecule has 0 unspecified atom stereocenters. The molecule has 1 atom stereocenters. The first-order valence-electron chi connectivity index (χ1n) is 9.71. The fourth-order valence-corrected chi connectivity index (χ4v) is 8.55. The third-order valence-corrected chi connectivity index (χ3v) is 10.1. The number of furan rings is 1. The van der Waals surface area contributed by atoms with Crippen molar-refractivity contribution in [3.63, 3.8) is 0 Å². The maximum atomic E-state index is 6.97. The van der Waals surface area contributed by atoms with Gasteiger partial charge in [-0.25, -0.2) is 0 Å². The largest absolute Gasteiger partial charge is 0.469 e. The summed E-state index contributed by atoms with van der Waals surface area (Å²) in [4.78, 5) is 0. The molecule has 0 bridgehead atoms. The van der Waals surface area contributed by atoms with Gasteiger partial charge in [-0.3, -0.25) is 0 Å². The molecule has 0 aliphatic carbocycles. The Balaban J connectivity index is 1.96. The second-order valence-electron chi connectivity index (χ2n) is 8.36. The second-order valence-corrected chi connectivity index (χ2v) is 12.7. The highest BCUT2D eigenvalue weighted by Crippen LogP contribution is 2.37. The third kappa shape index (κ3) is 4.25. The van der Waals surface area contributed by atoms with Gasteiger partial charge in [0.25, 0.3) is 8.32 Å². The van der Waals surface area contributed by atoms with E-state index in [2.05, 4.69) is 88.4 Å². The number of hydrogen-bond donors (Lipinski definition) is 0. The fourth-order valence-electron chi connectivity index (χ4n) is 3.86. The number of hydrogen-bond acceptors (Lipinski definition) is 2. The van der Waals surface area contributed by atoms with Gasteiger partial charge in [-0.05, 0) is 33.5 Å². The van der Waals surface area contributed by atoms with E-state index in [1.54, 1.807) is 6.26 Å². The molecule has 1 aromatic heterocycles. The summed E-state index contributed by atoms with van der Waals surface area (Å²) in [5.74, 6) is 1.41. The van der Waals surface area contributed by atoms with E-state index in [9.17, 15) is 0 Å². The molecular weight excluding hydrogens is 348 g/mol. The van der Waals surface area contributed by atoms with Crippen molar-refractivity contribution >= 4 is 18.7 Å². The van der Waals surface area contributed by atoms with E-state index in [0.29, 0.717) is 12.5 Å². The summed E-state index contributed by atoms with van der Waals surface area (Å²) in [6.07, 6.45) is 2.64. The van der Waals surface area contributed by atoms with Gasteiger partial charge in [-0.1, -0.05) is 88.4 Å². The molecule has 3 heteroatoms. The van der Waals surface area contributed by atoms with E-state index in [1.165, 1.54) is 10.4 Å². The second kappa shape index (κ2) is 8.28. The van der Waals surface area contributed by atoms with Crippen molar-refractivity contribution in [1.82, 2.24) is 0 Å². The molecule has 3 aromatic rings. The first-order valence-corrected chi connectivity index (χ1v) is 11.6. The molecule has 2 aromatic carbocycles. The molecule has 3 rings (SSSR count). The maximum Gasteiger partial charge on any atom is 0.261 e. The van der Waals surface area contributed by atoms with Crippen LogP contribution in [0.2, 0.25) is 5.04 Å². The van der Waals surface area contributed by atoms with Crippen molar-refractivity contribution in [2.75, 3.05) is 6.61 Å². The van der Waals surface area contributed by atoms with Crippen LogP contribution in [0.4, 0.5) is 0 Å². The summed E-state index contributed by atoms with van der Waals surface area (Å²) < 4.78 is 12.5. The average molecular weight is 379 g/mol. The molecule has 0 amide bonds. The monoisotopic (exact) mass is 378 g/mol.